The number of aliphatic carboxylic acids is 1. The minimum absolute atomic E-state index is 0.0300. The number of pyridine rings is 1. The van der Waals surface area contributed by atoms with Crippen LogP contribution in [-0.4, -0.2) is 238 Å². The molecular weight excluding hydrogens is 1180 g/mol. The van der Waals surface area contributed by atoms with E-state index in [1.54, 1.807) is 45.0 Å². The number of benzene rings is 2. The number of nitriles is 1. The molecule has 4 aliphatic rings. The summed E-state index contributed by atoms with van der Waals surface area (Å²) in [5.74, 6) is -5.88. The fourth-order valence-electron chi connectivity index (χ4n) is 11.0. The zero-order valence-electron chi connectivity index (χ0n) is 49.1. The number of hydrogen-bond acceptors (Lipinski definition) is 19. The Hall–Kier alpha value is -7.01. The number of carbonyl (C=O) groups excluding carboxylic acids is 8. The summed E-state index contributed by atoms with van der Waals surface area (Å²) < 4.78 is 28.1. The SMILES string of the molecule is CC(C)(C)[Si](F)(c1ccc(C(=O)NC[C@@H](NC(=O)CC[C@H](C(=O)O)N2CCN3CCN(CC(=O)[O][Ga])CCN(CC2)CC(=O)OOC(=O)C3)C(=O)NCCCOc2ccc3nccc(C(=O)NCC(=O)N4CCC[C@H]4C#N)c3c2)cc1)C(C)(C)C. The standard InChI is InChI=1S/C57H78FN11O14Si.Ga/c1-56(2,3)84(58,57(4,5)6)41-13-10-38(11-14-41)52(76)62-33-45(54(78)61-19-8-30-81-40-12-15-44-43(31-40)42(18-20-60-44)53(77)63-34-48(71)69-21-7-9-39(69)32-59)64-47(70)17-16-46(55(79)80)68-28-26-66-24-22-65(35-49(72)73)23-25-67(27-29-68)37-51(75)83-82-50(74)36-66;/h10-15,18,20,31,39,45-46H,7-9,16-17,19,21-30,33-37H2,1-6H3,(H,61,78)(H,62,76)(H,63,77)(H,64,70)(H,72,73)(H,79,80);/q;+1/p-1/t39-,45+,46+;/m0./s1. The van der Waals surface area contributed by atoms with E-state index in [1.807, 2.05) is 46.4 Å². The van der Waals surface area contributed by atoms with Crippen LogP contribution in [0.4, 0.5) is 4.11 Å². The summed E-state index contributed by atoms with van der Waals surface area (Å²) in [6, 6.07) is 11.8. The van der Waals surface area contributed by atoms with Gasteiger partial charge in [0.05, 0.1) is 30.3 Å². The Morgan fingerprint density at radius 3 is 2.08 bits per heavy atom. The minimum atomic E-state index is -3.66. The summed E-state index contributed by atoms with van der Waals surface area (Å²) in [7, 11) is -3.66. The van der Waals surface area contributed by atoms with Gasteiger partial charge in [-0.25, -0.2) is 0 Å². The van der Waals surface area contributed by atoms with Crippen molar-refractivity contribution in [1.82, 2.24) is 50.8 Å². The number of nitrogens with one attached hydrogen (secondary N) is 4. The van der Waals surface area contributed by atoms with Crippen molar-refractivity contribution in [3.63, 3.8) is 0 Å². The third-order valence-corrected chi connectivity index (χ3v) is 21.2. The number of carbonyl (C=O) groups is 9. The summed E-state index contributed by atoms with van der Waals surface area (Å²) in [5.41, 5.74) is 0.930. The third kappa shape index (κ3) is 18.7. The van der Waals surface area contributed by atoms with Gasteiger partial charge < -0.3 is 40.1 Å². The van der Waals surface area contributed by atoms with E-state index < -0.39 is 90.7 Å². The van der Waals surface area contributed by atoms with Crippen molar-refractivity contribution in [2.24, 2.45) is 0 Å². The number of nitrogens with zero attached hydrogens (tertiary/aromatic N) is 7. The molecule has 4 fully saturated rings. The van der Waals surface area contributed by atoms with Gasteiger partial charge in [0.1, 0.15) is 17.8 Å². The second-order valence-electron chi connectivity index (χ2n) is 23.3. The summed E-state index contributed by atoms with van der Waals surface area (Å²) >= 11 is 0.794. The van der Waals surface area contributed by atoms with Crippen molar-refractivity contribution in [3.8, 4) is 11.8 Å². The van der Waals surface area contributed by atoms with Gasteiger partial charge in [0.25, 0.3) is 20.2 Å². The molecule has 0 aliphatic carbocycles. The maximum atomic E-state index is 17.1. The average Bonchev–Trinajstić information content (AvgIpc) is 1.57. The van der Waals surface area contributed by atoms with Crippen LogP contribution in [0, 0.1) is 11.3 Å². The van der Waals surface area contributed by atoms with Gasteiger partial charge >= 0.3 is 175 Å². The van der Waals surface area contributed by atoms with Crippen molar-refractivity contribution in [2.75, 3.05) is 105 Å². The van der Waals surface area contributed by atoms with Gasteiger partial charge in [-0.2, -0.15) is 5.26 Å². The van der Waals surface area contributed by atoms with Gasteiger partial charge in [0.2, 0.25) is 17.7 Å². The number of amides is 5. The summed E-state index contributed by atoms with van der Waals surface area (Å²) in [6.07, 6.45) is 2.41. The Morgan fingerprint density at radius 1 is 0.847 bits per heavy atom. The number of halogens is 1. The normalized spacial score (nSPS) is 19.3. The van der Waals surface area contributed by atoms with Crippen molar-refractivity contribution < 1.29 is 70.4 Å². The molecule has 1 aromatic heterocycles. The molecule has 2 radical (unpaired) electrons. The summed E-state index contributed by atoms with van der Waals surface area (Å²) in [5, 5.41) is 30.5. The molecule has 28 heteroatoms. The first-order valence-electron chi connectivity index (χ1n) is 28.4. The number of hydrogen-bond donors (Lipinski definition) is 5. The van der Waals surface area contributed by atoms with Crippen LogP contribution in [0.5, 0.6) is 5.75 Å². The smallest absolute Gasteiger partial charge is 0.252 e. The number of rotatable bonds is 21. The fraction of sp³-hybridized carbons (Fsp3) is 0.561. The van der Waals surface area contributed by atoms with Crippen LogP contribution in [0.25, 0.3) is 10.9 Å². The summed E-state index contributed by atoms with van der Waals surface area (Å²) in [4.78, 5) is 141. The predicted octanol–water partition coefficient (Wildman–Crippen LogP) is 1.10. The molecule has 4 saturated heterocycles. The van der Waals surface area contributed by atoms with E-state index in [0.29, 0.717) is 54.3 Å². The molecule has 0 spiro atoms. The van der Waals surface area contributed by atoms with E-state index in [2.05, 4.69) is 32.3 Å². The number of carboxylic acid groups (broad SMARTS) is 1. The van der Waals surface area contributed by atoms with Gasteiger partial charge in [0, 0.05) is 43.2 Å². The van der Waals surface area contributed by atoms with E-state index in [-0.39, 0.29) is 115 Å². The second kappa shape index (κ2) is 30.9. The first kappa shape index (κ1) is 67.1. The molecule has 5 N–H and O–H groups in total. The number of ether oxygens (including phenoxy) is 1. The van der Waals surface area contributed by atoms with Gasteiger partial charge in [-0.15, -0.1) is 0 Å². The molecule has 0 saturated carbocycles. The molecule has 5 heterocycles. The average molecular weight is 1260 g/mol. The Morgan fingerprint density at radius 2 is 1.48 bits per heavy atom. The quantitative estimate of drug-likeness (QED) is 0.0432. The Bertz CT molecular complexity index is 2890. The van der Waals surface area contributed by atoms with Crippen molar-refractivity contribution in [1.29, 1.82) is 5.26 Å². The van der Waals surface area contributed by atoms with Crippen molar-refractivity contribution >= 4 is 96.9 Å². The first-order valence-corrected chi connectivity index (χ1v) is 31.3. The molecule has 25 nitrogen and oxygen atoms in total. The third-order valence-electron chi connectivity index (χ3n) is 15.4. The van der Waals surface area contributed by atoms with Crippen LogP contribution in [0.15, 0.2) is 54.7 Å². The largest absolute Gasteiger partial charge is 0.494 e. The fourth-order valence-corrected chi connectivity index (χ4v) is 15.7. The van der Waals surface area contributed by atoms with Gasteiger partial charge in [-0.3, -0.25) is 33.8 Å². The number of likely N-dealkylation sites (tertiary alicyclic amines) is 1. The Balaban J connectivity index is 1.13. The molecule has 2 unspecified atom stereocenters. The molecule has 2 bridgehead atoms. The molecule has 85 heavy (non-hydrogen) atoms. The van der Waals surface area contributed by atoms with E-state index in [0.717, 1.165) is 19.0 Å². The van der Waals surface area contributed by atoms with Crippen molar-refractivity contribution in [3.05, 3.63) is 65.9 Å². The maximum Gasteiger partial charge on any atom is 0.252 e. The van der Waals surface area contributed by atoms with Gasteiger partial charge in [-0.1, -0.05) is 53.7 Å². The zero-order chi connectivity index (χ0) is 62.1. The van der Waals surface area contributed by atoms with Crippen LogP contribution >= 0.6 is 0 Å². The van der Waals surface area contributed by atoms with E-state index in [9.17, 15) is 53.5 Å². The van der Waals surface area contributed by atoms with Crippen molar-refractivity contribution in [2.45, 2.75) is 102 Å². The second-order valence-corrected chi connectivity index (χ2v) is 28.7. The van der Waals surface area contributed by atoms with Gasteiger partial charge in [-0.05, 0) is 70.9 Å². The van der Waals surface area contributed by atoms with Crippen LogP contribution in [0.2, 0.25) is 10.1 Å². The zero-order valence-corrected chi connectivity index (χ0v) is 52.5. The molecule has 458 valence electrons. The molecule has 5 atom stereocenters. The number of fused-ring (bicyclic) bond motifs is 14. The van der Waals surface area contributed by atoms with E-state index in [1.165, 1.54) is 29.3 Å². The molecule has 5 amide bonds. The van der Waals surface area contributed by atoms with Crippen LogP contribution < -0.4 is 31.2 Å². The predicted molar refractivity (Wildman–Crippen MR) is 310 cm³/mol. The van der Waals surface area contributed by atoms with Crippen LogP contribution in [-0.2, 0) is 46.9 Å². The van der Waals surface area contributed by atoms with E-state index >= 15 is 4.11 Å². The van der Waals surface area contributed by atoms with Gasteiger partial charge in [0.15, 0.2) is 0 Å². The Kier molecular flexibility index (Phi) is 24.4. The number of carboxylic acids is 1. The molecular formula is C57H77FGaN11O14Si. The van der Waals surface area contributed by atoms with Crippen LogP contribution in [0.3, 0.4) is 0 Å². The summed E-state index contributed by atoms with van der Waals surface area (Å²) in [6.45, 7) is 12.0. The van der Waals surface area contributed by atoms with E-state index in [4.69, 9.17) is 18.0 Å². The minimum Gasteiger partial charge on any atom is -0.494 e. The molecule has 4 aliphatic heterocycles. The number of aromatic nitrogens is 1. The molecule has 2 aromatic carbocycles. The topological polar surface area (TPSA) is 312 Å². The Labute approximate surface area is 505 Å². The molecule has 3 aromatic rings. The maximum absolute atomic E-state index is 17.1. The molecule has 7 rings (SSSR count). The monoisotopic (exact) mass is 1260 g/mol. The first-order chi connectivity index (χ1) is 40.3. The van der Waals surface area contributed by atoms with Crippen LogP contribution in [0.1, 0.15) is 94.4 Å².